The molecule has 2 nitrogen and oxygen atoms in total. The molecule has 1 N–H and O–H groups in total. The van der Waals surface area contributed by atoms with Crippen LogP contribution in [0, 0.1) is 0 Å². The minimum absolute atomic E-state index is 0.250. The third-order valence-corrected chi connectivity index (χ3v) is 6.80. The summed E-state index contributed by atoms with van der Waals surface area (Å²) in [6, 6.07) is 19.2. The van der Waals surface area contributed by atoms with E-state index in [1.165, 1.54) is 49.0 Å². The minimum Gasteiger partial charge on any atom is -0.483 e. The van der Waals surface area contributed by atoms with E-state index in [0.717, 1.165) is 22.2 Å². The summed E-state index contributed by atoms with van der Waals surface area (Å²) in [4.78, 5) is 8.36. The van der Waals surface area contributed by atoms with Crippen molar-refractivity contribution in [1.29, 1.82) is 0 Å². The molecular weight excluding hydrogens is 383 g/mol. The molecule has 0 fully saturated rings. The Hall–Kier alpha value is -1.33. The van der Waals surface area contributed by atoms with E-state index >= 15 is 0 Å². The molecule has 150 valence electrons. The first-order valence-electron chi connectivity index (χ1n) is 9.85. The van der Waals surface area contributed by atoms with Crippen LogP contribution in [0.1, 0.15) is 50.2 Å². The second-order valence-electron chi connectivity index (χ2n) is 6.60. The van der Waals surface area contributed by atoms with Gasteiger partial charge in [0.2, 0.25) is 0 Å². The Morgan fingerprint density at radius 2 is 1.61 bits per heavy atom. The van der Waals surface area contributed by atoms with Crippen LogP contribution >= 0.6 is 23.5 Å². The smallest absolute Gasteiger partial charge is 0.290 e. The second-order valence-corrected chi connectivity index (χ2v) is 9.00. The Morgan fingerprint density at radius 3 is 2.25 bits per heavy atom. The van der Waals surface area contributed by atoms with Gasteiger partial charge in [0.05, 0.1) is 0 Å². The molecule has 0 aliphatic rings. The highest BCUT2D eigenvalue weighted by atomic mass is 32.2. The molecule has 0 amide bonds. The first-order chi connectivity index (χ1) is 13.7. The molecule has 28 heavy (non-hydrogen) atoms. The highest BCUT2D eigenvalue weighted by Gasteiger charge is 2.09. The first-order valence-corrected chi connectivity index (χ1v) is 12.1. The molecule has 2 rings (SSSR count). The van der Waals surface area contributed by atoms with Crippen LogP contribution in [-0.4, -0.2) is 30.4 Å². The lowest BCUT2D eigenvalue weighted by Gasteiger charge is -2.16. The maximum absolute atomic E-state index is 8.36. The SMILES string of the molecule is O=CO.[B]c1ccc(CSCCC(CCCCC)SCc2ccccc2)cc1. The van der Waals surface area contributed by atoms with Gasteiger partial charge in [-0.2, -0.15) is 23.5 Å². The molecular formula is C23H31BO2S2. The van der Waals surface area contributed by atoms with Crippen LogP contribution in [0.15, 0.2) is 54.6 Å². The summed E-state index contributed by atoms with van der Waals surface area (Å²) in [5.74, 6) is 3.47. The standard InChI is InChI=1S/C22H29BS2.CH2O2/c1-2-3-5-10-22(25-18-19-8-6-4-7-9-19)15-16-24-17-20-11-13-21(23)14-12-20;2-1-3/h4,6-9,11-14,22H,2-3,5,10,15-18H2,1H3;1H,(H,2,3). The summed E-state index contributed by atoms with van der Waals surface area (Å²) in [5.41, 5.74) is 3.67. The van der Waals surface area contributed by atoms with Gasteiger partial charge in [-0.1, -0.05) is 86.2 Å². The first kappa shape index (κ1) is 24.7. The van der Waals surface area contributed by atoms with Crippen molar-refractivity contribution in [3.8, 4) is 0 Å². The molecule has 2 aromatic carbocycles. The molecule has 1 unspecified atom stereocenters. The maximum atomic E-state index is 8.36. The highest BCUT2D eigenvalue weighted by Crippen LogP contribution is 2.27. The number of benzene rings is 2. The van der Waals surface area contributed by atoms with Gasteiger partial charge >= 0.3 is 0 Å². The van der Waals surface area contributed by atoms with Gasteiger partial charge in [0.15, 0.2) is 0 Å². The summed E-state index contributed by atoms with van der Waals surface area (Å²) in [6.45, 7) is 2.04. The zero-order valence-electron chi connectivity index (χ0n) is 16.8. The summed E-state index contributed by atoms with van der Waals surface area (Å²) in [7, 11) is 5.75. The molecule has 2 radical (unpaired) electrons. The van der Waals surface area contributed by atoms with Gasteiger partial charge in [-0.05, 0) is 29.7 Å². The Morgan fingerprint density at radius 1 is 0.964 bits per heavy atom. The van der Waals surface area contributed by atoms with Gasteiger partial charge in [-0.15, -0.1) is 0 Å². The lowest BCUT2D eigenvalue weighted by molar-refractivity contribution is -0.122. The largest absolute Gasteiger partial charge is 0.483 e. The molecule has 0 saturated heterocycles. The average Bonchev–Trinajstić information content (AvgIpc) is 2.71. The van der Waals surface area contributed by atoms with E-state index in [1.807, 2.05) is 23.9 Å². The lowest BCUT2D eigenvalue weighted by atomic mass is 9.96. The molecule has 2 aromatic rings. The van der Waals surface area contributed by atoms with Gasteiger partial charge in [0, 0.05) is 16.8 Å². The van der Waals surface area contributed by atoms with Crippen molar-refractivity contribution in [2.24, 2.45) is 0 Å². The summed E-state index contributed by atoms with van der Waals surface area (Å²) in [6.07, 6.45) is 6.70. The summed E-state index contributed by atoms with van der Waals surface area (Å²) in [5, 5.41) is 7.67. The molecule has 0 aromatic heterocycles. The van der Waals surface area contributed by atoms with Gasteiger partial charge in [0.1, 0.15) is 7.85 Å². The Labute approximate surface area is 180 Å². The van der Waals surface area contributed by atoms with Crippen molar-refractivity contribution in [3.63, 3.8) is 0 Å². The van der Waals surface area contributed by atoms with Gasteiger partial charge in [-0.25, -0.2) is 0 Å². The highest BCUT2D eigenvalue weighted by molar-refractivity contribution is 7.99. The molecule has 0 aliphatic heterocycles. The maximum Gasteiger partial charge on any atom is 0.290 e. The van der Waals surface area contributed by atoms with E-state index in [9.17, 15) is 0 Å². The zero-order chi connectivity index (χ0) is 20.5. The summed E-state index contributed by atoms with van der Waals surface area (Å²) < 4.78 is 0. The predicted octanol–water partition coefficient (Wildman–Crippen LogP) is 5.69. The Bertz CT molecular complexity index is 620. The van der Waals surface area contributed by atoms with E-state index in [1.54, 1.807) is 0 Å². The fourth-order valence-electron chi connectivity index (χ4n) is 2.74. The van der Waals surface area contributed by atoms with Crippen LogP contribution in [0.25, 0.3) is 0 Å². The lowest BCUT2D eigenvalue weighted by Crippen LogP contribution is -2.05. The van der Waals surface area contributed by atoms with Crippen LogP contribution in [0.5, 0.6) is 0 Å². The van der Waals surface area contributed by atoms with Crippen molar-refractivity contribution in [3.05, 3.63) is 65.7 Å². The fourth-order valence-corrected chi connectivity index (χ4v) is 5.15. The molecule has 0 spiro atoms. The van der Waals surface area contributed by atoms with Crippen LogP contribution in [0.4, 0.5) is 0 Å². The number of carboxylic acid groups (broad SMARTS) is 1. The Kier molecular flexibility index (Phi) is 14.7. The average molecular weight is 414 g/mol. The van der Waals surface area contributed by atoms with E-state index in [0.29, 0.717) is 0 Å². The van der Waals surface area contributed by atoms with Crippen LogP contribution < -0.4 is 5.46 Å². The van der Waals surface area contributed by atoms with E-state index in [2.05, 4.69) is 61.2 Å². The number of rotatable bonds is 12. The Balaban J connectivity index is 0.00000122. The van der Waals surface area contributed by atoms with E-state index in [-0.39, 0.29) is 6.47 Å². The topological polar surface area (TPSA) is 37.3 Å². The van der Waals surface area contributed by atoms with Crippen LogP contribution in [-0.2, 0) is 16.3 Å². The quantitative estimate of drug-likeness (QED) is 0.275. The van der Waals surface area contributed by atoms with Crippen molar-refractivity contribution in [2.45, 2.75) is 55.8 Å². The molecule has 0 saturated carbocycles. The summed E-state index contributed by atoms with van der Waals surface area (Å²) >= 11 is 4.19. The fraction of sp³-hybridized carbons (Fsp3) is 0.435. The molecule has 0 bridgehead atoms. The van der Waals surface area contributed by atoms with Crippen molar-refractivity contribution < 1.29 is 9.90 Å². The number of carbonyl (C=O) groups is 1. The second kappa shape index (κ2) is 16.6. The monoisotopic (exact) mass is 414 g/mol. The van der Waals surface area contributed by atoms with Gasteiger partial charge in [0.25, 0.3) is 6.47 Å². The third-order valence-electron chi connectivity index (χ3n) is 4.29. The number of hydrogen-bond donors (Lipinski definition) is 1. The minimum atomic E-state index is -0.250. The number of hydrogen-bond acceptors (Lipinski definition) is 3. The third kappa shape index (κ3) is 12.2. The normalized spacial score (nSPS) is 11.3. The number of thioether (sulfide) groups is 2. The van der Waals surface area contributed by atoms with Crippen molar-refractivity contribution in [2.75, 3.05) is 5.75 Å². The number of unbranched alkanes of at least 4 members (excludes halogenated alkanes) is 2. The molecule has 1 atom stereocenters. The molecule has 0 heterocycles. The van der Waals surface area contributed by atoms with Crippen molar-refractivity contribution >= 4 is 43.3 Å². The zero-order valence-corrected chi connectivity index (χ0v) is 18.4. The molecule has 5 heteroatoms. The van der Waals surface area contributed by atoms with Gasteiger partial charge < -0.3 is 5.11 Å². The molecule has 0 aliphatic carbocycles. The van der Waals surface area contributed by atoms with Crippen molar-refractivity contribution in [1.82, 2.24) is 0 Å². The predicted molar refractivity (Wildman–Crippen MR) is 127 cm³/mol. The van der Waals surface area contributed by atoms with Crippen LogP contribution in [0.2, 0.25) is 0 Å². The van der Waals surface area contributed by atoms with Crippen LogP contribution in [0.3, 0.4) is 0 Å². The van der Waals surface area contributed by atoms with Gasteiger partial charge in [-0.3, -0.25) is 4.79 Å². The van der Waals surface area contributed by atoms with E-state index < -0.39 is 0 Å². The van der Waals surface area contributed by atoms with E-state index in [4.69, 9.17) is 17.7 Å².